The van der Waals surface area contributed by atoms with E-state index in [1.165, 1.54) is 0 Å². The molecule has 3 heteroatoms. The highest BCUT2D eigenvalue weighted by atomic mass is 79.9. The van der Waals surface area contributed by atoms with E-state index in [-0.39, 0.29) is 0 Å². The monoisotopic (exact) mass is 236 g/mol. The molecule has 0 radical (unpaired) electrons. The number of benzene rings is 1. The van der Waals surface area contributed by atoms with E-state index in [0.717, 1.165) is 21.1 Å². The highest BCUT2D eigenvalue weighted by Crippen LogP contribution is 2.18. The third-order valence-corrected chi connectivity index (χ3v) is 2.43. The van der Waals surface area contributed by atoms with Crippen molar-refractivity contribution in [2.24, 2.45) is 5.73 Å². The van der Waals surface area contributed by atoms with Crippen molar-refractivity contribution in [3.05, 3.63) is 40.5 Å². The fourth-order valence-electron chi connectivity index (χ4n) is 1.35. The van der Waals surface area contributed by atoms with Crippen molar-refractivity contribution in [1.82, 2.24) is 4.98 Å². The first-order valence-electron chi connectivity index (χ1n) is 4.05. The molecule has 1 heterocycles. The number of hydrogen-bond acceptors (Lipinski definition) is 2. The fourth-order valence-corrected chi connectivity index (χ4v) is 1.66. The lowest BCUT2D eigenvalue weighted by molar-refractivity contribution is 1.08. The first-order valence-corrected chi connectivity index (χ1v) is 4.85. The van der Waals surface area contributed by atoms with E-state index in [1.54, 1.807) is 0 Å². The number of nitrogens with two attached hydrogens (primary N) is 1. The molecule has 0 spiro atoms. The van der Waals surface area contributed by atoms with Crippen LogP contribution in [0.15, 0.2) is 34.9 Å². The molecule has 0 aliphatic rings. The summed E-state index contributed by atoms with van der Waals surface area (Å²) in [6, 6.07) is 10.0. The first-order chi connectivity index (χ1) is 6.31. The van der Waals surface area contributed by atoms with Gasteiger partial charge in [-0.2, -0.15) is 0 Å². The van der Waals surface area contributed by atoms with Gasteiger partial charge in [0.1, 0.15) is 4.60 Å². The predicted molar refractivity (Wildman–Crippen MR) is 57.3 cm³/mol. The molecule has 0 aliphatic heterocycles. The topological polar surface area (TPSA) is 38.9 Å². The Bertz CT molecular complexity index is 440. The van der Waals surface area contributed by atoms with Crippen molar-refractivity contribution in [2.75, 3.05) is 0 Å². The van der Waals surface area contributed by atoms with Crippen LogP contribution in [0.1, 0.15) is 5.56 Å². The van der Waals surface area contributed by atoms with Crippen LogP contribution in [0, 0.1) is 0 Å². The second-order valence-corrected chi connectivity index (χ2v) is 3.64. The van der Waals surface area contributed by atoms with E-state index < -0.39 is 0 Å². The number of pyridine rings is 1. The summed E-state index contributed by atoms with van der Waals surface area (Å²) in [5.41, 5.74) is 7.68. The Morgan fingerprint density at radius 1 is 1.23 bits per heavy atom. The minimum Gasteiger partial charge on any atom is -0.326 e. The Morgan fingerprint density at radius 2 is 2.08 bits per heavy atom. The lowest BCUT2D eigenvalue weighted by atomic mass is 10.1. The minimum absolute atomic E-state index is 0.529. The summed E-state index contributed by atoms with van der Waals surface area (Å²) in [6.45, 7) is 0.529. The van der Waals surface area contributed by atoms with Gasteiger partial charge in [0.25, 0.3) is 0 Å². The molecule has 1 aromatic heterocycles. The highest BCUT2D eigenvalue weighted by molar-refractivity contribution is 9.10. The van der Waals surface area contributed by atoms with E-state index in [2.05, 4.69) is 20.9 Å². The molecular formula is C10H9BrN2. The zero-order chi connectivity index (χ0) is 9.26. The molecule has 2 rings (SSSR count). The second-order valence-electron chi connectivity index (χ2n) is 2.83. The lowest BCUT2D eigenvalue weighted by Gasteiger charge is -2.02. The summed E-state index contributed by atoms with van der Waals surface area (Å²) in [4.78, 5) is 4.38. The van der Waals surface area contributed by atoms with Crippen LogP contribution in [0.5, 0.6) is 0 Å². The minimum atomic E-state index is 0.529. The Balaban J connectivity index is 2.79. The van der Waals surface area contributed by atoms with Gasteiger partial charge >= 0.3 is 0 Å². The van der Waals surface area contributed by atoms with Crippen LogP contribution in [0.3, 0.4) is 0 Å². The van der Waals surface area contributed by atoms with Crippen molar-refractivity contribution in [2.45, 2.75) is 6.54 Å². The number of fused-ring (bicyclic) bond motifs is 1. The van der Waals surface area contributed by atoms with Gasteiger partial charge in [-0.05, 0) is 27.6 Å². The van der Waals surface area contributed by atoms with E-state index in [1.807, 2.05) is 30.3 Å². The highest BCUT2D eigenvalue weighted by Gasteiger charge is 2.00. The van der Waals surface area contributed by atoms with Gasteiger partial charge < -0.3 is 5.73 Å². The molecule has 0 bridgehead atoms. The second kappa shape index (κ2) is 3.44. The molecule has 0 atom stereocenters. The summed E-state index contributed by atoms with van der Waals surface area (Å²) in [7, 11) is 0. The molecule has 0 saturated carbocycles. The van der Waals surface area contributed by atoms with Gasteiger partial charge in [0.2, 0.25) is 0 Å². The van der Waals surface area contributed by atoms with E-state index in [4.69, 9.17) is 5.73 Å². The van der Waals surface area contributed by atoms with Gasteiger partial charge in [0.15, 0.2) is 0 Å². The van der Waals surface area contributed by atoms with E-state index in [0.29, 0.717) is 6.54 Å². The molecular weight excluding hydrogens is 228 g/mol. The molecule has 0 amide bonds. The van der Waals surface area contributed by atoms with Gasteiger partial charge in [-0.15, -0.1) is 0 Å². The number of halogens is 1. The van der Waals surface area contributed by atoms with Crippen molar-refractivity contribution >= 4 is 26.8 Å². The average molecular weight is 237 g/mol. The van der Waals surface area contributed by atoms with Crippen molar-refractivity contribution in [3.8, 4) is 0 Å². The third kappa shape index (κ3) is 1.57. The number of hydrogen-bond donors (Lipinski definition) is 1. The van der Waals surface area contributed by atoms with Crippen LogP contribution in [0.2, 0.25) is 0 Å². The number of nitrogens with zero attached hydrogens (tertiary/aromatic N) is 1. The summed E-state index contributed by atoms with van der Waals surface area (Å²) in [5, 5.41) is 1.13. The number of rotatable bonds is 1. The van der Waals surface area contributed by atoms with Crippen LogP contribution < -0.4 is 5.73 Å². The Kier molecular flexibility index (Phi) is 2.29. The quantitative estimate of drug-likeness (QED) is 0.773. The molecule has 0 saturated heterocycles. The lowest BCUT2D eigenvalue weighted by Crippen LogP contribution is -1.98. The van der Waals surface area contributed by atoms with Gasteiger partial charge in [-0.3, -0.25) is 0 Å². The van der Waals surface area contributed by atoms with Crippen molar-refractivity contribution < 1.29 is 0 Å². The Hall–Kier alpha value is -0.930. The van der Waals surface area contributed by atoms with Crippen LogP contribution in [-0.4, -0.2) is 4.98 Å². The Morgan fingerprint density at radius 3 is 2.85 bits per heavy atom. The molecule has 2 nitrogen and oxygen atoms in total. The Labute approximate surface area is 84.9 Å². The smallest absolute Gasteiger partial charge is 0.106 e. The SMILES string of the molecule is NCc1cccc2ccc(Br)nc12. The maximum atomic E-state index is 5.61. The van der Waals surface area contributed by atoms with E-state index in [9.17, 15) is 0 Å². The number of aromatic nitrogens is 1. The number of para-hydroxylation sites is 1. The van der Waals surface area contributed by atoms with Gasteiger partial charge in [0.05, 0.1) is 5.52 Å². The van der Waals surface area contributed by atoms with E-state index >= 15 is 0 Å². The maximum absolute atomic E-state index is 5.61. The average Bonchev–Trinajstić information content (AvgIpc) is 2.17. The van der Waals surface area contributed by atoms with Crippen molar-refractivity contribution in [1.29, 1.82) is 0 Å². The fraction of sp³-hybridized carbons (Fsp3) is 0.100. The van der Waals surface area contributed by atoms with Crippen LogP contribution >= 0.6 is 15.9 Å². The molecule has 0 aliphatic carbocycles. The zero-order valence-corrected chi connectivity index (χ0v) is 8.58. The molecule has 2 N–H and O–H groups in total. The van der Waals surface area contributed by atoms with Crippen LogP contribution in [0.4, 0.5) is 0 Å². The summed E-state index contributed by atoms with van der Waals surface area (Å²) >= 11 is 3.34. The normalized spacial score (nSPS) is 10.6. The largest absolute Gasteiger partial charge is 0.326 e. The molecule has 0 fully saturated rings. The molecule has 1 aromatic carbocycles. The van der Waals surface area contributed by atoms with Crippen molar-refractivity contribution in [3.63, 3.8) is 0 Å². The third-order valence-electron chi connectivity index (χ3n) is 1.99. The first kappa shape index (κ1) is 8.66. The van der Waals surface area contributed by atoms with Gasteiger partial charge in [-0.25, -0.2) is 4.98 Å². The summed E-state index contributed by atoms with van der Waals surface area (Å²) in [5.74, 6) is 0. The zero-order valence-electron chi connectivity index (χ0n) is 7.00. The van der Waals surface area contributed by atoms with Crippen LogP contribution in [0.25, 0.3) is 10.9 Å². The maximum Gasteiger partial charge on any atom is 0.106 e. The molecule has 13 heavy (non-hydrogen) atoms. The predicted octanol–water partition coefficient (Wildman–Crippen LogP) is 2.46. The molecule has 66 valence electrons. The summed E-state index contributed by atoms with van der Waals surface area (Å²) in [6.07, 6.45) is 0. The van der Waals surface area contributed by atoms with Gasteiger partial charge in [-0.1, -0.05) is 24.3 Å². The molecule has 0 unspecified atom stereocenters. The standard InChI is InChI=1S/C10H9BrN2/c11-9-5-4-7-2-1-3-8(6-12)10(7)13-9/h1-5H,6,12H2. The van der Waals surface area contributed by atoms with Crippen LogP contribution in [-0.2, 0) is 6.54 Å². The van der Waals surface area contributed by atoms with Gasteiger partial charge in [0, 0.05) is 11.9 Å². The molecule has 2 aromatic rings. The summed E-state index contributed by atoms with van der Waals surface area (Å²) < 4.78 is 0.848.